The van der Waals surface area contributed by atoms with Crippen molar-refractivity contribution in [3.63, 3.8) is 0 Å². The smallest absolute Gasteiger partial charge is 0.242 e. The van der Waals surface area contributed by atoms with Crippen LogP contribution in [-0.2, 0) is 17.8 Å². The summed E-state index contributed by atoms with van der Waals surface area (Å²) in [4.78, 5) is 17.1. The Kier molecular flexibility index (Phi) is 3.78. The summed E-state index contributed by atoms with van der Waals surface area (Å²) in [5.41, 5.74) is 2.41. The Labute approximate surface area is 120 Å². The number of aromatic nitrogens is 2. The molecule has 0 spiro atoms. The Bertz CT molecular complexity index is 504. The Morgan fingerprint density at radius 1 is 1.55 bits per heavy atom. The van der Waals surface area contributed by atoms with Gasteiger partial charge in [-0.1, -0.05) is 6.92 Å². The van der Waals surface area contributed by atoms with Crippen molar-refractivity contribution in [1.29, 1.82) is 0 Å². The number of carbonyl (C=O) groups is 1. The third kappa shape index (κ3) is 2.46. The van der Waals surface area contributed by atoms with Gasteiger partial charge in [0.25, 0.3) is 0 Å². The molecule has 3 rings (SSSR count). The van der Waals surface area contributed by atoms with Gasteiger partial charge in [-0.15, -0.1) is 0 Å². The van der Waals surface area contributed by atoms with Gasteiger partial charge in [0, 0.05) is 37.7 Å². The van der Waals surface area contributed by atoms with Gasteiger partial charge in [-0.3, -0.25) is 4.79 Å². The van der Waals surface area contributed by atoms with Crippen LogP contribution < -0.4 is 10.6 Å². The molecule has 1 aliphatic heterocycles. The van der Waals surface area contributed by atoms with Gasteiger partial charge in [-0.2, -0.15) is 0 Å². The van der Waals surface area contributed by atoms with E-state index >= 15 is 0 Å². The second-order valence-corrected chi connectivity index (χ2v) is 5.90. The first kappa shape index (κ1) is 13.6. The second-order valence-electron chi connectivity index (χ2n) is 5.90. The standard InChI is InChI=1S/C15H24N4O/c1-3-7-17-15(20)10(2)19-13-6-8-16-9-12(13)18-14(19)11-4-5-11/h10-11,16H,3-9H2,1-2H3,(H,17,20). The van der Waals surface area contributed by atoms with E-state index < -0.39 is 0 Å². The third-order valence-electron chi connectivity index (χ3n) is 4.21. The molecule has 20 heavy (non-hydrogen) atoms. The monoisotopic (exact) mass is 276 g/mol. The summed E-state index contributed by atoms with van der Waals surface area (Å²) in [6, 6.07) is -0.147. The summed E-state index contributed by atoms with van der Waals surface area (Å²) >= 11 is 0. The predicted octanol–water partition coefficient (Wildman–Crippen LogP) is 1.49. The van der Waals surface area contributed by atoms with Crippen molar-refractivity contribution in [2.45, 2.75) is 58.0 Å². The lowest BCUT2D eigenvalue weighted by Gasteiger charge is -2.21. The zero-order valence-corrected chi connectivity index (χ0v) is 12.4. The number of hydrogen-bond acceptors (Lipinski definition) is 3. The molecule has 1 aromatic rings. The normalized spacial score (nSPS) is 19.5. The quantitative estimate of drug-likeness (QED) is 0.856. The maximum absolute atomic E-state index is 12.3. The van der Waals surface area contributed by atoms with Gasteiger partial charge in [-0.05, 0) is 26.2 Å². The lowest BCUT2D eigenvalue weighted by molar-refractivity contribution is -0.123. The summed E-state index contributed by atoms with van der Waals surface area (Å²) < 4.78 is 2.22. The third-order valence-corrected chi connectivity index (χ3v) is 4.21. The van der Waals surface area contributed by atoms with Crippen LogP contribution in [0.25, 0.3) is 0 Å². The van der Waals surface area contributed by atoms with Crippen molar-refractivity contribution in [3.05, 3.63) is 17.2 Å². The molecule has 1 aromatic heterocycles. The van der Waals surface area contributed by atoms with Crippen LogP contribution in [0.5, 0.6) is 0 Å². The lowest BCUT2D eigenvalue weighted by atomic mass is 10.1. The van der Waals surface area contributed by atoms with Crippen molar-refractivity contribution < 1.29 is 4.79 Å². The molecular formula is C15H24N4O. The van der Waals surface area contributed by atoms with Gasteiger partial charge < -0.3 is 15.2 Å². The van der Waals surface area contributed by atoms with Gasteiger partial charge in [0.05, 0.1) is 5.69 Å². The maximum Gasteiger partial charge on any atom is 0.242 e. The van der Waals surface area contributed by atoms with Crippen LogP contribution in [0.2, 0.25) is 0 Å². The summed E-state index contributed by atoms with van der Waals surface area (Å²) in [5.74, 6) is 1.83. The van der Waals surface area contributed by atoms with E-state index in [9.17, 15) is 4.79 Å². The fourth-order valence-corrected chi connectivity index (χ4v) is 2.93. The maximum atomic E-state index is 12.3. The Morgan fingerprint density at radius 2 is 2.35 bits per heavy atom. The fourth-order valence-electron chi connectivity index (χ4n) is 2.93. The van der Waals surface area contributed by atoms with Gasteiger partial charge >= 0.3 is 0 Å². The molecule has 5 nitrogen and oxygen atoms in total. The molecule has 1 amide bonds. The molecule has 2 aliphatic rings. The van der Waals surface area contributed by atoms with Gasteiger partial charge in [0.15, 0.2) is 0 Å². The van der Waals surface area contributed by atoms with E-state index in [1.54, 1.807) is 0 Å². The molecule has 0 bridgehead atoms. The molecule has 5 heteroatoms. The summed E-state index contributed by atoms with van der Waals surface area (Å²) in [5, 5.41) is 6.38. The predicted molar refractivity (Wildman–Crippen MR) is 77.6 cm³/mol. The van der Waals surface area contributed by atoms with Crippen LogP contribution in [-0.4, -0.2) is 28.5 Å². The lowest BCUT2D eigenvalue weighted by Crippen LogP contribution is -2.34. The van der Waals surface area contributed by atoms with Crippen LogP contribution in [0.3, 0.4) is 0 Å². The second kappa shape index (κ2) is 5.56. The van der Waals surface area contributed by atoms with E-state index in [2.05, 4.69) is 22.1 Å². The highest BCUT2D eigenvalue weighted by Gasteiger charge is 2.34. The van der Waals surface area contributed by atoms with Crippen molar-refractivity contribution >= 4 is 5.91 Å². The largest absolute Gasteiger partial charge is 0.354 e. The van der Waals surface area contributed by atoms with Gasteiger partial charge in [0.2, 0.25) is 5.91 Å². The van der Waals surface area contributed by atoms with Crippen LogP contribution >= 0.6 is 0 Å². The Hall–Kier alpha value is -1.36. The highest BCUT2D eigenvalue weighted by atomic mass is 16.2. The van der Waals surface area contributed by atoms with Crippen LogP contribution in [0, 0.1) is 0 Å². The number of hydrogen-bond donors (Lipinski definition) is 2. The van der Waals surface area contributed by atoms with E-state index in [4.69, 9.17) is 4.98 Å². The highest BCUT2D eigenvalue weighted by Crippen LogP contribution is 2.41. The fraction of sp³-hybridized carbons (Fsp3) is 0.733. The van der Waals surface area contributed by atoms with Crippen molar-refractivity contribution in [2.75, 3.05) is 13.1 Å². The first-order chi connectivity index (χ1) is 9.72. The molecule has 0 saturated heterocycles. The molecule has 0 aromatic carbocycles. The molecule has 110 valence electrons. The number of amides is 1. The minimum absolute atomic E-state index is 0.118. The molecule has 2 heterocycles. The van der Waals surface area contributed by atoms with E-state index in [1.165, 1.54) is 18.5 Å². The van der Waals surface area contributed by atoms with Gasteiger partial charge in [-0.25, -0.2) is 4.98 Å². The van der Waals surface area contributed by atoms with Crippen molar-refractivity contribution in [1.82, 2.24) is 20.2 Å². The molecule has 0 radical (unpaired) electrons. The van der Waals surface area contributed by atoms with E-state index in [0.29, 0.717) is 5.92 Å². The molecule has 2 N–H and O–H groups in total. The molecule has 1 aliphatic carbocycles. The van der Waals surface area contributed by atoms with E-state index in [-0.39, 0.29) is 11.9 Å². The highest BCUT2D eigenvalue weighted by molar-refractivity contribution is 5.80. The topological polar surface area (TPSA) is 59.0 Å². The van der Waals surface area contributed by atoms with Crippen LogP contribution in [0.15, 0.2) is 0 Å². The van der Waals surface area contributed by atoms with Gasteiger partial charge in [0.1, 0.15) is 11.9 Å². The Balaban J connectivity index is 1.90. The first-order valence-electron chi connectivity index (χ1n) is 7.80. The van der Waals surface area contributed by atoms with Crippen LogP contribution in [0.1, 0.15) is 62.3 Å². The minimum Gasteiger partial charge on any atom is -0.354 e. The van der Waals surface area contributed by atoms with E-state index in [1.807, 2.05) is 6.92 Å². The number of carbonyl (C=O) groups excluding carboxylic acids is 1. The zero-order chi connectivity index (χ0) is 14.1. The van der Waals surface area contributed by atoms with Crippen molar-refractivity contribution in [3.8, 4) is 0 Å². The number of fused-ring (bicyclic) bond motifs is 1. The Morgan fingerprint density at radius 3 is 3.05 bits per heavy atom. The first-order valence-corrected chi connectivity index (χ1v) is 7.80. The summed E-state index contributed by atoms with van der Waals surface area (Å²) in [6.45, 7) is 6.64. The van der Waals surface area contributed by atoms with Crippen LogP contribution in [0.4, 0.5) is 0 Å². The zero-order valence-electron chi connectivity index (χ0n) is 12.4. The molecule has 1 atom stereocenters. The molecule has 1 unspecified atom stereocenters. The molecule has 1 fully saturated rings. The van der Waals surface area contributed by atoms with Crippen molar-refractivity contribution in [2.24, 2.45) is 0 Å². The number of rotatable bonds is 5. The molecule has 1 saturated carbocycles. The summed E-state index contributed by atoms with van der Waals surface area (Å²) in [6.07, 6.45) is 4.37. The average molecular weight is 276 g/mol. The number of nitrogens with one attached hydrogen (secondary N) is 2. The number of nitrogens with zero attached hydrogens (tertiary/aromatic N) is 2. The number of imidazole rings is 1. The minimum atomic E-state index is -0.147. The molecular weight excluding hydrogens is 252 g/mol. The summed E-state index contributed by atoms with van der Waals surface area (Å²) in [7, 11) is 0. The SMILES string of the molecule is CCCNC(=O)C(C)n1c(C2CC2)nc2c1CCNC2. The average Bonchev–Trinajstić information content (AvgIpc) is 3.24. The van der Waals surface area contributed by atoms with E-state index in [0.717, 1.165) is 44.0 Å².